The Labute approximate surface area is 212 Å². The Morgan fingerprint density at radius 3 is 2.38 bits per heavy atom. The van der Waals surface area contributed by atoms with E-state index < -0.39 is 17.8 Å². The summed E-state index contributed by atoms with van der Waals surface area (Å²) in [5, 5.41) is 4.03. The lowest BCUT2D eigenvalue weighted by Crippen LogP contribution is -2.48. The minimum absolute atomic E-state index is 0.0173. The van der Waals surface area contributed by atoms with Crippen LogP contribution in [0.2, 0.25) is 0 Å². The first-order valence-corrected chi connectivity index (χ1v) is 12.2. The SMILES string of the molecule is CC(C)c1ccc(-c2cc(C(F)(F)F)n3nc(C(=O)N4CCN(Cc5cccnc5)CC4)cc3n2)cc1. The van der Waals surface area contributed by atoms with Gasteiger partial charge in [0.1, 0.15) is 0 Å². The molecule has 0 bridgehead atoms. The summed E-state index contributed by atoms with van der Waals surface area (Å²) in [5.41, 5.74) is 1.87. The molecule has 0 unspecified atom stereocenters. The molecule has 0 saturated carbocycles. The molecule has 3 aromatic heterocycles. The fourth-order valence-corrected chi connectivity index (χ4v) is 4.49. The molecule has 0 spiro atoms. The molecule has 37 heavy (non-hydrogen) atoms. The van der Waals surface area contributed by atoms with Crippen molar-refractivity contribution in [1.29, 1.82) is 0 Å². The Hall–Kier alpha value is -3.79. The summed E-state index contributed by atoms with van der Waals surface area (Å²) in [6, 6.07) is 13.5. The minimum atomic E-state index is -4.67. The van der Waals surface area contributed by atoms with Gasteiger partial charge in [-0.1, -0.05) is 44.2 Å². The number of aromatic nitrogens is 4. The van der Waals surface area contributed by atoms with Crippen molar-refractivity contribution < 1.29 is 18.0 Å². The molecular formula is C27H27F3N6O. The molecule has 1 saturated heterocycles. The van der Waals surface area contributed by atoms with Crippen LogP contribution >= 0.6 is 0 Å². The van der Waals surface area contributed by atoms with Crippen LogP contribution in [-0.4, -0.2) is 61.5 Å². The van der Waals surface area contributed by atoms with E-state index in [1.54, 1.807) is 23.2 Å². The van der Waals surface area contributed by atoms with E-state index in [4.69, 9.17) is 0 Å². The lowest BCUT2D eigenvalue weighted by molar-refractivity contribution is -0.142. The van der Waals surface area contributed by atoms with Crippen LogP contribution < -0.4 is 0 Å². The third kappa shape index (κ3) is 5.34. The number of hydrogen-bond acceptors (Lipinski definition) is 5. The van der Waals surface area contributed by atoms with E-state index in [1.807, 2.05) is 44.3 Å². The summed E-state index contributed by atoms with van der Waals surface area (Å²) in [6.45, 7) is 7.04. The van der Waals surface area contributed by atoms with Crippen molar-refractivity contribution in [3.05, 3.63) is 83.4 Å². The average molecular weight is 509 g/mol. The highest BCUT2D eigenvalue weighted by molar-refractivity contribution is 5.93. The molecule has 1 aliphatic heterocycles. The maximum Gasteiger partial charge on any atom is 0.433 e. The normalized spacial score (nSPS) is 15.0. The number of hydrogen-bond donors (Lipinski definition) is 0. The lowest BCUT2D eigenvalue weighted by Gasteiger charge is -2.34. The van der Waals surface area contributed by atoms with Gasteiger partial charge in [-0.3, -0.25) is 14.7 Å². The van der Waals surface area contributed by atoms with Crippen LogP contribution in [0.5, 0.6) is 0 Å². The number of pyridine rings is 1. The number of alkyl halides is 3. The fraction of sp³-hybridized carbons (Fsp3) is 0.333. The monoisotopic (exact) mass is 508 g/mol. The number of piperazine rings is 1. The maximum atomic E-state index is 14.0. The molecule has 1 aromatic carbocycles. The standard InChI is InChI=1S/C27H27F3N6O/c1-18(2)20-5-7-21(8-6-20)22-14-24(27(28,29)30)36-25(32-22)15-23(33-36)26(37)35-12-10-34(11-13-35)17-19-4-3-9-31-16-19/h3-9,14-16,18H,10-13,17H2,1-2H3. The maximum absolute atomic E-state index is 14.0. The largest absolute Gasteiger partial charge is 0.433 e. The van der Waals surface area contributed by atoms with E-state index in [-0.39, 0.29) is 17.0 Å². The third-order valence-corrected chi connectivity index (χ3v) is 6.60. The Morgan fingerprint density at radius 2 is 1.76 bits per heavy atom. The van der Waals surface area contributed by atoms with E-state index >= 15 is 0 Å². The van der Waals surface area contributed by atoms with Crippen molar-refractivity contribution in [3.63, 3.8) is 0 Å². The molecule has 1 fully saturated rings. The topological polar surface area (TPSA) is 66.6 Å². The summed E-state index contributed by atoms with van der Waals surface area (Å²) in [7, 11) is 0. The number of amides is 1. The minimum Gasteiger partial charge on any atom is -0.335 e. The number of fused-ring (bicyclic) bond motifs is 1. The van der Waals surface area contributed by atoms with Gasteiger partial charge in [-0.25, -0.2) is 9.50 Å². The molecule has 4 aromatic rings. The van der Waals surface area contributed by atoms with Gasteiger partial charge in [-0.2, -0.15) is 18.3 Å². The van der Waals surface area contributed by atoms with Gasteiger partial charge in [0.2, 0.25) is 0 Å². The van der Waals surface area contributed by atoms with Gasteiger partial charge in [0.05, 0.1) is 5.69 Å². The molecule has 4 heterocycles. The first-order valence-electron chi connectivity index (χ1n) is 12.2. The molecule has 10 heteroatoms. The van der Waals surface area contributed by atoms with Crippen LogP contribution in [0.15, 0.2) is 60.9 Å². The summed E-state index contributed by atoms with van der Waals surface area (Å²) >= 11 is 0. The zero-order valence-electron chi connectivity index (χ0n) is 20.6. The predicted octanol–water partition coefficient (Wildman–Crippen LogP) is 4.89. The molecule has 0 aliphatic carbocycles. The molecule has 0 N–H and O–H groups in total. The Balaban J connectivity index is 1.38. The number of rotatable bonds is 5. The predicted molar refractivity (Wildman–Crippen MR) is 133 cm³/mol. The Morgan fingerprint density at radius 1 is 1.03 bits per heavy atom. The van der Waals surface area contributed by atoms with Crippen LogP contribution in [0.1, 0.15) is 47.1 Å². The van der Waals surface area contributed by atoms with Gasteiger partial charge in [-0.05, 0) is 29.2 Å². The first kappa shape index (κ1) is 24.9. The second-order valence-electron chi connectivity index (χ2n) is 9.53. The van der Waals surface area contributed by atoms with E-state index in [0.29, 0.717) is 37.7 Å². The highest BCUT2D eigenvalue weighted by Crippen LogP contribution is 2.33. The molecule has 0 atom stereocenters. The molecule has 192 valence electrons. The van der Waals surface area contributed by atoms with Crippen LogP contribution in [0.25, 0.3) is 16.9 Å². The number of benzene rings is 1. The van der Waals surface area contributed by atoms with Gasteiger partial charge in [-0.15, -0.1) is 0 Å². The molecule has 5 rings (SSSR count). The fourth-order valence-electron chi connectivity index (χ4n) is 4.49. The van der Waals surface area contributed by atoms with Crippen molar-refractivity contribution in [2.24, 2.45) is 0 Å². The molecule has 1 amide bonds. The van der Waals surface area contributed by atoms with Crippen LogP contribution in [0, 0.1) is 0 Å². The summed E-state index contributed by atoms with van der Waals surface area (Å²) in [5.74, 6) is -0.0988. The van der Waals surface area contributed by atoms with Gasteiger partial charge >= 0.3 is 6.18 Å². The van der Waals surface area contributed by atoms with Crippen molar-refractivity contribution in [2.45, 2.75) is 32.5 Å². The number of carbonyl (C=O) groups excluding carboxylic acids is 1. The number of nitrogens with zero attached hydrogens (tertiary/aromatic N) is 6. The first-order chi connectivity index (χ1) is 17.7. The van der Waals surface area contributed by atoms with Gasteiger partial charge in [0.25, 0.3) is 5.91 Å². The van der Waals surface area contributed by atoms with Crippen LogP contribution in [0.4, 0.5) is 13.2 Å². The highest BCUT2D eigenvalue weighted by atomic mass is 19.4. The second-order valence-corrected chi connectivity index (χ2v) is 9.53. The van der Waals surface area contributed by atoms with Gasteiger partial charge in [0.15, 0.2) is 17.0 Å². The molecule has 0 radical (unpaired) electrons. The van der Waals surface area contributed by atoms with Crippen LogP contribution in [-0.2, 0) is 12.7 Å². The van der Waals surface area contributed by atoms with Crippen molar-refractivity contribution in [2.75, 3.05) is 26.2 Å². The van der Waals surface area contributed by atoms with Gasteiger partial charge in [0, 0.05) is 56.7 Å². The smallest absolute Gasteiger partial charge is 0.335 e. The summed E-state index contributed by atoms with van der Waals surface area (Å²) in [4.78, 5) is 25.5. The number of halogens is 3. The lowest BCUT2D eigenvalue weighted by atomic mass is 10.0. The Bertz CT molecular complexity index is 1390. The molecular weight excluding hydrogens is 481 g/mol. The third-order valence-electron chi connectivity index (χ3n) is 6.60. The molecule has 7 nitrogen and oxygen atoms in total. The average Bonchev–Trinajstić information content (AvgIpc) is 3.32. The zero-order valence-corrected chi connectivity index (χ0v) is 20.6. The van der Waals surface area contributed by atoms with E-state index in [0.717, 1.165) is 28.3 Å². The van der Waals surface area contributed by atoms with Gasteiger partial charge < -0.3 is 4.90 Å². The van der Waals surface area contributed by atoms with E-state index in [1.165, 1.54) is 6.07 Å². The van der Waals surface area contributed by atoms with E-state index in [9.17, 15) is 18.0 Å². The van der Waals surface area contributed by atoms with Crippen LogP contribution in [0.3, 0.4) is 0 Å². The highest BCUT2D eigenvalue weighted by Gasteiger charge is 2.36. The second kappa shape index (κ2) is 9.93. The van der Waals surface area contributed by atoms with Crippen molar-refractivity contribution >= 4 is 11.6 Å². The summed E-state index contributed by atoms with van der Waals surface area (Å²) in [6.07, 6.45) is -1.14. The van der Waals surface area contributed by atoms with Crippen molar-refractivity contribution in [3.8, 4) is 11.3 Å². The number of carbonyl (C=O) groups is 1. The van der Waals surface area contributed by atoms with E-state index in [2.05, 4.69) is 20.0 Å². The summed E-state index contributed by atoms with van der Waals surface area (Å²) < 4.78 is 42.6. The quantitative estimate of drug-likeness (QED) is 0.384. The Kier molecular flexibility index (Phi) is 6.68. The zero-order chi connectivity index (χ0) is 26.2. The molecule has 1 aliphatic rings. The van der Waals surface area contributed by atoms with Crippen molar-refractivity contribution in [1.82, 2.24) is 29.4 Å².